The molecule has 0 bridgehead atoms. The summed E-state index contributed by atoms with van der Waals surface area (Å²) in [5, 5.41) is 8.08. The minimum absolute atomic E-state index is 0.451. The molecule has 2 rings (SSSR count). The zero-order chi connectivity index (χ0) is 13.8. The maximum atomic E-state index is 11.0. The maximum absolute atomic E-state index is 11.0. The molecule has 0 amide bonds. The maximum Gasteiger partial charge on any atom is 0.172 e. The number of rotatable bonds is 5. The molecule has 0 radical (unpaired) electrons. The first-order valence-electron chi connectivity index (χ1n) is 6.64. The lowest BCUT2D eigenvalue weighted by Gasteiger charge is -2.08. The molecule has 4 nitrogen and oxygen atoms in total. The van der Waals surface area contributed by atoms with Gasteiger partial charge in [-0.05, 0) is 49.9 Å². The standard InChI is InChI=1S/C15H19N3O/c1-4-5-6-15-14(10-19)16-17-18(15)13-8-7-11(2)12(3)9-13/h7-10H,4-6H2,1-3H3. The van der Waals surface area contributed by atoms with Crippen molar-refractivity contribution in [2.24, 2.45) is 0 Å². The van der Waals surface area contributed by atoms with E-state index in [4.69, 9.17) is 0 Å². The number of unbranched alkanes of at least 4 members (excludes halogenated alkanes) is 1. The van der Waals surface area contributed by atoms with E-state index in [1.165, 1.54) is 11.1 Å². The van der Waals surface area contributed by atoms with E-state index >= 15 is 0 Å². The Labute approximate surface area is 113 Å². The lowest BCUT2D eigenvalue weighted by atomic mass is 10.1. The van der Waals surface area contributed by atoms with Gasteiger partial charge in [-0.1, -0.05) is 24.6 Å². The molecule has 0 saturated heterocycles. The summed E-state index contributed by atoms with van der Waals surface area (Å²) < 4.78 is 1.78. The van der Waals surface area contributed by atoms with Gasteiger partial charge in [-0.2, -0.15) is 0 Å². The third kappa shape index (κ3) is 2.72. The van der Waals surface area contributed by atoms with Crippen molar-refractivity contribution in [1.29, 1.82) is 0 Å². The molecule has 1 aromatic carbocycles. The Kier molecular flexibility index (Phi) is 4.10. The number of hydrogen-bond donors (Lipinski definition) is 0. The highest BCUT2D eigenvalue weighted by atomic mass is 16.1. The van der Waals surface area contributed by atoms with Gasteiger partial charge in [-0.25, -0.2) is 4.68 Å². The molecule has 4 heteroatoms. The number of aldehydes is 1. The van der Waals surface area contributed by atoms with Crippen molar-refractivity contribution in [3.05, 3.63) is 40.7 Å². The van der Waals surface area contributed by atoms with Gasteiger partial charge in [0, 0.05) is 0 Å². The molecule has 0 aliphatic rings. The fourth-order valence-electron chi connectivity index (χ4n) is 2.05. The Hall–Kier alpha value is -1.97. The van der Waals surface area contributed by atoms with Gasteiger partial charge in [-0.3, -0.25) is 4.79 Å². The quantitative estimate of drug-likeness (QED) is 0.773. The molecule has 0 saturated carbocycles. The van der Waals surface area contributed by atoms with E-state index in [0.29, 0.717) is 5.69 Å². The van der Waals surface area contributed by atoms with Gasteiger partial charge >= 0.3 is 0 Å². The summed E-state index contributed by atoms with van der Waals surface area (Å²) in [7, 11) is 0. The molecule has 0 fully saturated rings. The number of hydrogen-bond acceptors (Lipinski definition) is 3. The molecule has 0 atom stereocenters. The molecule has 0 unspecified atom stereocenters. The molecule has 19 heavy (non-hydrogen) atoms. The van der Waals surface area contributed by atoms with Crippen LogP contribution < -0.4 is 0 Å². The van der Waals surface area contributed by atoms with Gasteiger partial charge in [0.05, 0.1) is 11.4 Å². The zero-order valence-electron chi connectivity index (χ0n) is 11.7. The van der Waals surface area contributed by atoms with E-state index in [-0.39, 0.29) is 0 Å². The summed E-state index contributed by atoms with van der Waals surface area (Å²) in [6.07, 6.45) is 3.72. The lowest BCUT2D eigenvalue weighted by Crippen LogP contribution is -2.04. The molecule has 0 N–H and O–H groups in total. The van der Waals surface area contributed by atoms with Crippen molar-refractivity contribution in [2.75, 3.05) is 0 Å². The van der Waals surface area contributed by atoms with Crippen LogP contribution in [0, 0.1) is 13.8 Å². The Morgan fingerprint density at radius 1 is 1.26 bits per heavy atom. The average Bonchev–Trinajstić information content (AvgIpc) is 2.82. The highest BCUT2D eigenvalue weighted by Gasteiger charge is 2.13. The Balaban J connectivity index is 2.45. The van der Waals surface area contributed by atoms with Crippen LogP contribution >= 0.6 is 0 Å². The molecule has 1 aromatic heterocycles. The Morgan fingerprint density at radius 2 is 2.05 bits per heavy atom. The van der Waals surface area contributed by atoms with Gasteiger partial charge < -0.3 is 0 Å². The van der Waals surface area contributed by atoms with Crippen LogP contribution in [0.4, 0.5) is 0 Å². The van der Waals surface area contributed by atoms with Crippen LogP contribution in [0.5, 0.6) is 0 Å². The van der Waals surface area contributed by atoms with Crippen molar-refractivity contribution >= 4 is 6.29 Å². The van der Waals surface area contributed by atoms with Crippen molar-refractivity contribution in [2.45, 2.75) is 40.0 Å². The number of nitrogens with zero attached hydrogens (tertiary/aromatic N) is 3. The van der Waals surface area contributed by atoms with E-state index in [9.17, 15) is 4.79 Å². The van der Waals surface area contributed by atoms with Crippen LogP contribution in [0.2, 0.25) is 0 Å². The SMILES string of the molecule is CCCCc1c(C=O)nnn1-c1ccc(C)c(C)c1. The third-order valence-electron chi connectivity index (χ3n) is 3.41. The highest BCUT2D eigenvalue weighted by molar-refractivity contribution is 5.73. The van der Waals surface area contributed by atoms with Gasteiger partial charge in [-0.15, -0.1) is 5.10 Å². The molecule has 0 aliphatic carbocycles. The highest BCUT2D eigenvalue weighted by Crippen LogP contribution is 2.17. The molecule has 100 valence electrons. The van der Waals surface area contributed by atoms with E-state index in [1.54, 1.807) is 4.68 Å². The van der Waals surface area contributed by atoms with Crippen LogP contribution in [-0.4, -0.2) is 21.3 Å². The summed E-state index contributed by atoms with van der Waals surface area (Å²) in [5.41, 5.74) is 4.78. The first-order valence-corrected chi connectivity index (χ1v) is 6.64. The normalized spacial score (nSPS) is 10.7. The first-order chi connectivity index (χ1) is 9.17. The van der Waals surface area contributed by atoms with Crippen LogP contribution in [-0.2, 0) is 6.42 Å². The summed E-state index contributed by atoms with van der Waals surface area (Å²) in [6.45, 7) is 6.28. The summed E-state index contributed by atoms with van der Waals surface area (Å²) >= 11 is 0. The second-order valence-electron chi connectivity index (χ2n) is 4.82. The lowest BCUT2D eigenvalue weighted by molar-refractivity contribution is 0.111. The van der Waals surface area contributed by atoms with Gasteiger partial charge in [0.15, 0.2) is 6.29 Å². The van der Waals surface area contributed by atoms with E-state index in [0.717, 1.165) is 36.9 Å². The second-order valence-corrected chi connectivity index (χ2v) is 4.82. The Bertz CT molecular complexity index is 587. The minimum atomic E-state index is 0.451. The van der Waals surface area contributed by atoms with Crippen molar-refractivity contribution in [1.82, 2.24) is 15.0 Å². The summed E-state index contributed by atoms with van der Waals surface area (Å²) in [5.74, 6) is 0. The van der Waals surface area contributed by atoms with Gasteiger partial charge in [0.1, 0.15) is 5.69 Å². The fourth-order valence-corrected chi connectivity index (χ4v) is 2.05. The van der Waals surface area contributed by atoms with Gasteiger partial charge in [0.2, 0.25) is 0 Å². The van der Waals surface area contributed by atoms with Crippen molar-refractivity contribution < 1.29 is 4.79 Å². The molecule has 0 aliphatic heterocycles. The predicted octanol–water partition coefficient (Wildman–Crippen LogP) is 3.04. The molecular formula is C15H19N3O. The largest absolute Gasteiger partial charge is 0.296 e. The van der Waals surface area contributed by atoms with Crippen LogP contribution in [0.15, 0.2) is 18.2 Å². The van der Waals surface area contributed by atoms with Crippen molar-refractivity contribution in [3.8, 4) is 5.69 Å². The Morgan fingerprint density at radius 3 is 2.68 bits per heavy atom. The summed E-state index contributed by atoms with van der Waals surface area (Å²) in [4.78, 5) is 11.0. The van der Waals surface area contributed by atoms with Crippen LogP contribution in [0.25, 0.3) is 5.69 Å². The number of aromatic nitrogens is 3. The molecule has 0 spiro atoms. The number of aryl methyl sites for hydroxylation is 2. The average molecular weight is 257 g/mol. The smallest absolute Gasteiger partial charge is 0.172 e. The van der Waals surface area contributed by atoms with Crippen molar-refractivity contribution in [3.63, 3.8) is 0 Å². The second kappa shape index (κ2) is 5.78. The summed E-state index contributed by atoms with van der Waals surface area (Å²) in [6, 6.07) is 6.16. The van der Waals surface area contributed by atoms with E-state index in [2.05, 4.69) is 43.2 Å². The first kappa shape index (κ1) is 13.5. The third-order valence-corrected chi connectivity index (χ3v) is 3.41. The molecule has 2 aromatic rings. The number of benzene rings is 1. The molecule has 1 heterocycles. The number of carbonyl (C=O) groups excluding carboxylic acids is 1. The van der Waals surface area contributed by atoms with E-state index in [1.807, 2.05) is 6.07 Å². The number of carbonyl (C=O) groups is 1. The van der Waals surface area contributed by atoms with Gasteiger partial charge in [0.25, 0.3) is 0 Å². The topological polar surface area (TPSA) is 47.8 Å². The van der Waals surface area contributed by atoms with E-state index < -0.39 is 0 Å². The van der Waals surface area contributed by atoms with Crippen LogP contribution in [0.3, 0.4) is 0 Å². The van der Waals surface area contributed by atoms with Crippen LogP contribution in [0.1, 0.15) is 47.1 Å². The zero-order valence-corrected chi connectivity index (χ0v) is 11.7. The predicted molar refractivity (Wildman–Crippen MR) is 74.8 cm³/mol. The minimum Gasteiger partial charge on any atom is -0.296 e. The fraction of sp³-hybridized carbons (Fsp3) is 0.400. The molecular weight excluding hydrogens is 238 g/mol. The monoisotopic (exact) mass is 257 g/mol.